The molecule has 0 saturated carbocycles. The van der Waals surface area contributed by atoms with Gasteiger partial charge in [-0.3, -0.25) is 4.79 Å². The number of amides is 1. The summed E-state index contributed by atoms with van der Waals surface area (Å²) < 4.78 is 10.6. The molecule has 1 fully saturated rings. The molecule has 0 radical (unpaired) electrons. The highest BCUT2D eigenvalue weighted by atomic mass is 16.6. The van der Waals surface area contributed by atoms with E-state index in [-0.39, 0.29) is 18.3 Å². The summed E-state index contributed by atoms with van der Waals surface area (Å²) in [6.07, 6.45) is 1.13. The lowest BCUT2D eigenvalue weighted by Crippen LogP contribution is -2.37. The van der Waals surface area contributed by atoms with Crippen LogP contribution in [-0.4, -0.2) is 42.5 Å². The van der Waals surface area contributed by atoms with Crippen molar-refractivity contribution in [1.82, 2.24) is 5.32 Å². The van der Waals surface area contributed by atoms with Gasteiger partial charge in [-0.2, -0.15) is 0 Å². The molecule has 2 N–H and O–H groups in total. The van der Waals surface area contributed by atoms with Gasteiger partial charge < -0.3 is 19.9 Å². The summed E-state index contributed by atoms with van der Waals surface area (Å²) in [5.41, 5.74) is -0.531. The summed E-state index contributed by atoms with van der Waals surface area (Å²) in [4.78, 5) is 22.5. The molecule has 1 saturated heterocycles. The molecule has 116 valence electrons. The molecule has 0 aliphatic carbocycles. The third-order valence-electron chi connectivity index (χ3n) is 3.28. The molecule has 1 amide bonds. The van der Waals surface area contributed by atoms with Gasteiger partial charge in [0.25, 0.3) is 0 Å². The van der Waals surface area contributed by atoms with E-state index in [1.54, 1.807) is 20.8 Å². The van der Waals surface area contributed by atoms with Gasteiger partial charge in [-0.1, -0.05) is 0 Å². The molecule has 0 aromatic carbocycles. The maximum absolute atomic E-state index is 11.6. The standard InChI is InChI=1S/C14H25NO5/c1-14(2,3)20-13(18)15-9-11-5-7-19-6-4-10(11)8-12(16)17/h10-11H,4-9H2,1-3H3,(H,15,18)(H,16,17)/t10-,11-/m0/s1. The normalized spacial score (nSPS) is 23.8. The number of aliphatic carboxylic acids is 1. The highest BCUT2D eigenvalue weighted by Gasteiger charge is 2.27. The Morgan fingerprint density at radius 3 is 2.40 bits per heavy atom. The number of rotatable bonds is 4. The second-order valence-electron chi connectivity index (χ2n) is 6.19. The minimum absolute atomic E-state index is 0.0323. The Balaban J connectivity index is 2.48. The lowest BCUT2D eigenvalue weighted by molar-refractivity contribution is -0.138. The van der Waals surface area contributed by atoms with E-state index in [0.29, 0.717) is 26.2 Å². The minimum Gasteiger partial charge on any atom is -0.481 e. The first-order valence-electron chi connectivity index (χ1n) is 7.04. The van der Waals surface area contributed by atoms with Gasteiger partial charge in [0.05, 0.1) is 0 Å². The van der Waals surface area contributed by atoms with Crippen LogP contribution >= 0.6 is 0 Å². The van der Waals surface area contributed by atoms with Crippen LogP contribution in [0, 0.1) is 11.8 Å². The second kappa shape index (κ2) is 7.47. The van der Waals surface area contributed by atoms with Crippen LogP contribution in [0.5, 0.6) is 0 Å². The fourth-order valence-corrected chi connectivity index (χ4v) is 2.33. The molecule has 2 atom stereocenters. The predicted octanol–water partition coefficient (Wildman–Crippen LogP) is 2.03. The zero-order valence-corrected chi connectivity index (χ0v) is 12.5. The van der Waals surface area contributed by atoms with Gasteiger partial charge in [0.15, 0.2) is 0 Å². The van der Waals surface area contributed by atoms with Crippen LogP contribution in [0.3, 0.4) is 0 Å². The third kappa shape index (κ3) is 6.75. The van der Waals surface area contributed by atoms with E-state index < -0.39 is 17.7 Å². The zero-order valence-electron chi connectivity index (χ0n) is 12.5. The smallest absolute Gasteiger partial charge is 0.407 e. The minimum atomic E-state index is -0.806. The van der Waals surface area contributed by atoms with Crippen molar-refractivity contribution in [3.63, 3.8) is 0 Å². The molecule has 1 aliphatic heterocycles. The van der Waals surface area contributed by atoms with Crippen molar-refractivity contribution in [3.8, 4) is 0 Å². The first-order valence-corrected chi connectivity index (χ1v) is 7.04. The monoisotopic (exact) mass is 287 g/mol. The van der Waals surface area contributed by atoms with E-state index in [2.05, 4.69) is 5.32 Å². The summed E-state index contributed by atoms with van der Waals surface area (Å²) in [6.45, 7) is 7.03. The molecule has 0 aromatic rings. The Bertz CT molecular complexity index is 337. The summed E-state index contributed by atoms with van der Waals surface area (Å²) in [5.74, 6) is -0.662. The highest BCUT2D eigenvalue weighted by molar-refractivity contribution is 5.68. The second-order valence-corrected chi connectivity index (χ2v) is 6.19. The van der Waals surface area contributed by atoms with Crippen molar-refractivity contribution in [2.45, 2.75) is 45.6 Å². The Labute approximate surface area is 119 Å². The van der Waals surface area contributed by atoms with Gasteiger partial charge in [-0.05, 0) is 45.4 Å². The van der Waals surface area contributed by atoms with Gasteiger partial charge in [0.1, 0.15) is 5.60 Å². The largest absolute Gasteiger partial charge is 0.481 e. The van der Waals surface area contributed by atoms with Gasteiger partial charge in [0.2, 0.25) is 0 Å². The number of hydrogen-bond donors (Lipinski definition) is 2. The molecule has 0 spiro atoms. The van der Waals surface area contributed by atoms with E-state index in [0.717, 1.165) is 6.42 Å². The van der Waals surface area contributed by atoms with Crippen LogP contribution in [0.25, 0.3) is 0 Å². The maximum atomic E-state index is 11.6. The number of nitrogens with one attached hydrogen (secondary N) is 1. The van der Waals surface area contributed by atoms with Crippen molar-refractivity contribution < 1.29 is 24.2 Å². The third-order valence-corrected chi connectivity index (χ3v) is 3.28. The molecule has 0 unspecified atom stereocenters. The van der Waals surface area contributed by atoms with Crippen LogP contribution < -0.4 is 5.32 Å². The van der Waals surface area contributed by atoms with Crippen molar-refractivity contribution in [2.24, 2.45) is 11.8 Å². The molecule has 6 heteroatoms. The summed E-state index contributed by atoms with van der Waals surface area (Å²) in [6, 6.07) is 0. The molecule has 1 heterocycles. The van der Waals surface area contributed by atoms with Crippen LogP contribution in [0.15, 0.2) is 0 Å². The molecule has 0 aromatic heterocycles. The number of carboxylic acids is 1. The molecule has 1 rings (SSSR count). The van der Waals surface area contributed by atoms with Gasteiger partial charge in [0, 0.05) is 26.2 Å². The number of alkyl carbamates (subject to hydrolysis) is 1. The Kier molecular flexibility index (Phi) is 6.26. The van der Waals surface area contributed by atoms with Crippen molar-refractivity contribution in [2.75, 3.05) is 19.8 Å². The van der Waals surface area contributed by atoms with E-state index in [1.807, 2.05) is 0 Å². The van der Waals surface area contributed by atoms with Gasteiger partial charge in [-0.25, -0.2) is 4.79 Å². The van der Waals surface area contributed by atoms with E-state index >= 15 is 0 Å². The summed E-state index contributed by atoms with van der Waals surface area (Å²) >= 11 is 0. The number of ether oxygens (including phenoxy) is 2. The van der Waals surface area contributed by atoms with Crippen molar-refractivity contribution >= 4 is 12.1 Å². The Hall–Kier alpha value is -1.30. The van der Waals surface area contributed by atoms with Gasteiger partial charge in [-0.15, -0.1) is 0 Å². The Morgan fingerprint density at radius 1 is 1.25 bits per heavy atom. The highest BCUT2D eigenvalue weighted by Crippen LogP contribution is 2.25. The molecule has 0 bridgehead atoms. The SMILES string of the molecule is CC(C)(C)OC(=O)NC[C@@H]1CCOCC[C@H]1CC(=O)O. The first-order chi connectivity index (χ1) is 9.28. The molecule has 6 nitrogen and oxygen atoms in total. The fourth-order valence-electron chi connectivity index (χ4n) is 2.33. The fraction of sp³-hybridized carbons (Fsp3) is 0.857. The van der Waals surface area contributed by atoms with Crippen LogP contribution in [0.2, 0.25) is 0 Å². The predicted molar refractivity (Wildman–Crippen MR) is 73.5 cm³/mol. The van der Waals surface area contributed by atoms with Crippen LogP contribution in [0.1, 0.15) is 40.0 Å². The first kappa shape index (κ1) is 16.8. The van der Waals surface area contributed by atoms with Crippen LogP contribution in [-0.2, 0) is 14.3 Å². The zero-order chi connectivity index (χ0) is 15.2. The lowest BCUT2D eigenvalue weighted by atomic mass is 9.85. The number of hydrogen-bond acceptors (Lipinski definition) is 4. The summed E-state index contributed by atoms with van der Waals surface area (Å²) in [7, 11) is 0. The van der Waals surface area contributed by atoms with Crippen molar-refractivity contribution in [3.05, 3.63) is 0 Å². The topological polar surface area (TPSA) is 84.9 Å². The van der Waals surface area contributed by atoms with Gasteiger partial charge >= 0.3 is 12.1 Å². The number of carboxylic acid groups (broad SMARTS) is 1. The number of carbonyl (C=O) groups excluding carboxylic acids is 1. The molecule has 1 aliphatic rings. The molecular weight excluding hydrogens is 262 g/mol. The lowest BCUT2D eigenvalue weighted by Gasteiger charge is -2.25. The summed E-state index contributed by atoms with van der Waals surface area (Å²) in [5, 5.41) is 11.7. The van der Waals surface area contributed by atoms with Crippen LogP contribution in [0.4, 0.5) is 4.79 Å². The molecular formula is C14H25NO5. The average Bonchev–Trinajstić information content (AvgIpc) is 2.49. The average molecular weight is 287 g/mol. The Morgan fingerprint density at radius 2 is 1.85 bits per heavy atom. The number of carbonyl (C=O) groups is 2. The van der Waals surface area contributed by atoms with E-state index in [1.165, 1.54) is 0 Å². The maximum Gasteiger partial charge on any atom is 0.407 e. The molecule has 20 heavy (non-hydrogen) atoms. The van der Waals surface area contributed by atoms with E-state index in [9.17, 15) is 9.59 Å². The van der Waals surface area contributed by atoms with Crippen molar-refractivity contribution in [1.29, 1.82) is 0 Å². The van der Waals surface area contributed by atoms with E-state index in [4.69, 9.17) is 14.6 Å². The quantitative estimate of drug-likeness (QED) is 0.826.